The van der Waals surface area contributed by atoms with Crippen LogP contribution in [0.3, 0.4) is 0 Å². The first-order chi connectivity index (χ1) is 6.29. The molecule has 0 aliphatic carbocycles. The number of nitrogens with one attached hydrogen (secondary N) is 1. The summed E-state index contributed by atoms with van der Waals surface area (Å²) in [6, 6.07) is 0.899. The van der Waals surface area contributed by atoms with Crippen molar-refractivity contribution in [3.63, 3.8) is 0 Å². The molecule has 2 heteroatoms. The van der Waals surface area contributed by atoms with Crippen LogP contribution in [0.25, 0.3) is 0 Å². The molecule has 0 aromatic heterocycles. The first-order valence-corrected chi connectivity index (χ1v) is 5.66. The monoisotopic (exact) mass is 201 g/mol. The van der Waals surface area contributed by atoms with Gasteiger partial charge in [-0.05, 0) is 24.7 Å². The fourth-order valence-electron chi connectivity index (χ4n) is 1.41. The van der Waals surface area contributed by atoms with Gasteiger partial charge in [0, 0.05) is 18.7 Å². The van der Waals surface area contributed by atoms with E-state index >= 15 is 0 Å². The van der Waals surface area contributed by atoms with Gasteiger partial charge in [0.25, 0.3) is 0 Å². The Morgan fingerprint density at radius 3 is 1.93 bits per heavy atom. The maximum Gasteiger partial charge on any atom is 0.0446 e. The molecule has 0 amide bonds. The number of hydrogen-bond acceptors (Lipinski definition) is 2. The van der Waals surface area contributed by atoms with E-state index in [4.69, 9.17) is 5.11 Å². The second kappa shape index (κ2) is 5.72. The Hall–Kier alpha value is -0.0800. The maximum atomic E-state index is 9.01. The Morgan fingerprint density at radius 1 is 1.14 bits per heavy atom. The van der Waals surface area contributed by atoms with Crippen molar-refractivity contribution in [2.45, 2.75) is 60.0 Å². The van der Waals surface area contributed by atoms with Crippen molar-refractivity contribution in [3.05, 3.63) is 0 Å². The van der Waals surface area contributed by atoms with Crippen molar-refractivity contribution in [2.75, 3.05) is 6.61 Å². The van der Waals surface area contributed by atoms with Gasteiger partial charge in [0.05, 0.1) is 0 Å². The van der Waals surface area contributed by atoms with E-state index in [0.29, 0.717) is 18.0 Å². The smallest absolute Gasteiger partial charge is 0.0446 e. The van der Waals surface area contributed by atoms with E-state index in [1.54, 1.807) is 0 Å². The predicted octanol–water partition coefficient (Wildman–Crippen LogP) is 2.42. The largest absolute Gasteiger partial charge is 0.396 e. The van der Waals surface area contributed by atoms with E-state index in [-0.39, 0.29) is 12.0 Å². The number of aliphatic hydroxyl groups excluding tert-OH is 1. The lowest BCUT2D eigenvalue weighted by Crippen LogP contribution is -2.47. The van der Waals surface area contributed by atoms with Crippen LogP contribution in [0.2, 0.25) is 0 Å². The minimum absolute atomic E-state index is 0.214. The third-order valence-corrected chi connectivity index (χ3v) is 2.93. The van der Waals surface area contributed by atoms with E-state index < -0.39 is 0 Å². The van der Waals surface area contributed by atoms with Crippen LogP contribution in [0.15, 0.2) is 0 Å². The van der Waals surface area contributed by atoms with E-state index in [9.17, 15) is 0 Å². The minimum Gasteiger partial charge on any atom is -0.396 e. The van der Waals surface area contributed by atoms with Gasteiger partial charge in [-0.15, -0.1) is 0 Å². The third kappa shape index (κ3) is 4.97. The van der Waals surface area contributed by atoms with Crippen LogP contribution in [0.5, 0.6) is 0 Å². The molecule has 0 heterocycles. The van der Waals surface area contributed by atoms with Gasteiger partial charge < -0.3 is 10.4 Å². The number of aliphatic hydroxyl groups is 1. The Labute approximate surface area is 89.1 Å². The summed E-state index contributed by atoms with van der Waals surface area (Å²) in [5, 5.41) is 12.6. The second-order valence-electron chi connectivity index (χ2n) is 5.63. The highest BCUT2D eigenvalue weighted by atomic mass is 16.3. The summed E-state index contributed by atoms with van der Waals surface area (Å²) < 4.78 is 0. The highest BCUT2D eigenvalue weighted by Gasteiger charge is 2.25. The van der Waals surface area contributed by atoms with Crippen molar-refractivity contribution >= 4 is 0 Å². The quantitative estimate of drug-likeness (QED) is 0.716. The van der Waals surface area contributed by atoms with Gasteiger partial charge in [-0.2, -0.15) is 0 Å². The molecular weight excluding hydrogens is 174 g/mol. The van der Waals surface area contributed by atoms with Gasteiger partial charge in [-0.25, -0.2) is 0 Å². The molecule has 2 unspecified atom stereocenters. The molecule has 0 radical (unpaired) electrons. The third-order valence-electron chi connectivity index (χ3n) is 2.93. The van der Waals surface area contributed by atoms with Gasteiger partial charge in [0.15, 0.2) is 0 Å². The molecule has 86 valence electrons. The summed E-state index contributed by atoms with van der Waals surface area (Å²) in [6.45, 7) is 13.6. The number of rotatable bonds is 5. The average Bonchev–Trinajstić information content (AvgIpc) is 2.01. The van der Waals surface area contributed by atoms with Crippen LogP contribution in [0.1, 0.15) is 48.0 Å². The van der Waals surface area contributed by atoms with Crippen LogP contribution in [0, 0.1) is 11.3 Å². The van der Waals surface area contributed by atoms with Crippen molar-refractivity contribution in [1.29, 1.82) is 0 Å². The highest BCUT2D eigenvalue weighted by molar-refractivity contribution is 4.83. The normalized spacial score (nSPS) is 17.1. The fraction of sp³-hybridized carbons (Fsp3) is 1.00. The molecule has 2 atom stereocenters. The first kappa shape index (κ1) is 13.9. The molecule has 2 N–H and O–H groups in total. The zero-order valence-corrected chi connectivity index (χ0v) is 10.6. The van der Waals surface area contributed by atoms with Crippen molar-refractivity contribution < 1.29 is 5.11 Å². The van der Waals surface area contributed by atoms with Crippen LogP contribution in [-0.4, -0.2) is 23.8 Å². The van der Waals surface area contributed by atoms with Crippen LogP contribution in [-0.2, 0) is 0 Å². The maximum absolute atomic E-state index is 9.01. The van der Waals surface area contributed by atoms with E-state index in [2.05, 4.69) is 46.9 Å². The summed E-state index contributed by atoms with van der Waals surface area (Å²) >= 11 is 0. The van der Waals surface area contributed by atoms with Gasteiger partial charge in [-0.1, -0.05) is 34.6 Å². The molecule has 14 heavy (non-hydrogen) atoms. The molecule has 2 nitrogen and oxygen atoms in total. The molecule has 0 aliphatic heterocycles. The Bertz CT molecular complexity index is 149. The van der Waals surface area contributed by atoms with E-state index in [0.717, 1.165) is 6.42 Å². The zero-order valence-electron chi connectivity index (χ0n) is 10.6. The van der Waals surface area contributed by atoms with Crippen LogP contribution < -0.4 is 5.32 Å². The first-order valence-electron chi connectivity index (χ1n) is 5.66. The summed E-state index contributed by atoms with van der Waals surface area (Å²) in [5.74, 6) is 0.638. The van der Waals surface area contributed by atoms with Crippen LogP contribution in [0.4, 0.5) is 0 Å². The average molecular weight is 201 g/mol. The van der Waals surface area contributed by atoms with Crippen molar-refractivity contribution in [1.82, 2.24) is 5.32 Å². The lowest BCUT2D eigenvalue weighted by atomic mass is 9.84. The van der Waals surface area contributed by atoms with Crippen LogP contribution >= 0.6 is 0 Å². The minimum atomic E-state index is 0.214. The molecule has 0 fully saturated rings. The van der Waals surface area contributed by atoms with Crippen molar-refractivity contribution in [3.8, 4) is 0 Å². The summed E-state index contributed by atoms with van der Waals surface area (Å²) in [4.78, 5) is 0. The Kier molecular flexibility index (Phi) is 5.68. The van der Waals surface area contributed by atoms with E-state index in [1.165, 1.54) is 0 Å². The molecule has 0 aromatic rings. The lowest BCUT2D eigenvalue weighted by molar-refractivity contribution is 0.179. The highest BCUT2D eigenvalue weighted by Crippen LogP contribution is 2.22. The number of hydrogen-bond donors (Lipinski definition) is 2. The predicted molar refractivity (Wildman–Crippen MR) is 62.4 cm³/mol. The molecule has 0 saturated carbocycles. The SMILES string of the molecule is CC(C)C(C)NC(CCO)C(C)(C)C. The van der Waals surface area contributed by atoms with Gasteiger partial charge in [-0.3, -0.25) is 0 Å². The van der Waals surface area contributed by atoms with Gasteiger partial charge in [0.1, 0.15) is 0 Å². The summed E-state index contributed by atoms with van der Waals surface area (Å²) in [6.07, 6.45) is 0.834. The molecule has 0 aromatic carbocycles. The Balaban J connectivity index is 4.23. The van der Waals surface area contributed by atoms with Crippen molar-refractivity contribution in [2.24, 2.45) is 11.3 Å². The zero-order chi connectivity index (χ0) is 11.4. The molecule has 0 spiro atoms. The molecule has 0 saturated heterocycles. The molecule has 0 aliphatic rings. The lowest BCUT2D eigenvalue weighted by Gasteiger charge is -2.35. The second-order valence-corrected chi connectivity index (χ2v) is 5.63. The van der Waals surface area contributed by atoms with Gasteiger partial charge in [0.2, 0.25) is 0 Å². The fourth-order valence-corrected chi connectivity index (χ4v) is 1.41. The summed E-state index contributed by atoms with van der Waals surface area (Å²) in [7, 11) is 0. The molecular formula is C12H27NO. The molecule has 0 bridgehead atoms. The standard InChI is InChI=1S/C12H27NO/c1-9(2)10(3)13-11(7-8-14)12(4,5)6/h9-11,13-14H,7-8H2,1-6H3. The van der Waals surface area contributed by atoms with Gasteiger partial charge >= 0.3 is 0 Å². The summed E-state index contributed by atoms with van der Waals surface area (Å²) in [5.41, 5.74) is 0.214. The Morgan fingerprint density at radius 2 is 1.64 bits per heavy atom. The van der Waals surface area contributed by atoms with E-state index in [1.807, 2.05) is 0 Å². The molecule has 0 rings (SSSR count). The topological polar surface area (TPSA) is 32.3 Å².